The second-order valence-electron chi connectivity index (χ2n) is 5.78. The van der Waals surface area contributed by atoms with Crippen LogP contribution in [0.25, 0.3) is 0 Å². The topological polar surface area (TPSA) is 46.3 Å². The molecule has 124 valence electrons. The van der Waals surface area contributed by atoms with Crippen molar-refractivity contribution in [1.82, 2.24) is 4.90 Å². The van der Waals surface area contributed by atoms with Crippen molar-refractivity contribution in [1.29, 1.82) is 0 Å². The molecule has 3 nitrogen and oxygen atoms in total. The van der Waals surface area contributed by atoms with Gasteiger partial charge in [-0.25, -0.2) is 0 Å². The van der Waals surface area contributed by atoms with E-state index < -0.39 is 0 Å². The number of rotatable bonds is 4. The predicted octanol–water partition coefficient (Wildman–Crippen LogP) is 4.10. The highest BCUT2D eigenvalue weighted by Crippen LogP contribution is 2.35. The minimum Gasteiger partial charge on any atom is -0.335 e. The zero-order valence-electron chi connectivity index (χ0n) is 13.3. The largest absolute Gasteiger partial charge is 0.335 e. The zero-order chi connectivity index (χ0) is 15.5. The number of nitrogens with zero attached hydrogens (tertiary/aromatic N) is 1. The smallest absolute Gasteiger partial charge is 0.225 e. The van der Waals surface area contributed by atoms with Crippen LogP contribution in [0.3, 0.4) is 0 Å². The molecule has 1 aromatic carbocycles. The van der Waals surface area contributed by atoms with Gasteiger partial charge in [-0.3, -0.25) is 4.79 Å². The second-order valence-corrected chi connectivity index (χ2v) is 6.78. The number of carbonyl (C=O) groups excluding carboxylic acids is 1. The minimum absolute atomic E-state index is 0. The molecule has 2 aromatic rings. The highest BCUT2D eigenvalue weighted by molar-refractivity contribution is 7.10. The maximum Gasteiger partial charge on any atom is 0.225 e. The van der Waals surface area contributed by atoms with Crippen molar-refractivity contribution in [2.45, 2.75) is 38.3 Å². The summed E-state index contributed by atoms with van der Waals surface area (Å²) < 4.78 is 0. The number of amides is 1. The number of thiophene rings is 1. The molecule has 1 aromatic heterocycles. The van der Waals surface area contributed by atoms with Crippen LogP contribution in [0, 0.1) is 0 Å². The first-order valence-electron chi connectivity index (χ1n) is 7.87. The normalized spacial score (nSPS) is 18.0. The molecule has 3 rings (SSSR count). The Kier molecular flexibility index (Phi) is 6.22. The van der Waals surface area contributed by atoms with Crippen LogP contribution in [0.2, 0.25) is 0 Å². The summed E-state index contributed by atoms with van der Waals surface area (Å²) in [6, 6.07) is 12.0. The van der Waals surface area contributed by atoms with Crippen molar-refractivity contribution in [2.75, 3.05) is 6.54 Å². The summed E-state index contributed by atoms with van der Waals surface area (Å²) in [5.74, 6) is 0.167. The number of carbonyl (C=O) groups is 1. The molecule has 0 spiro atoms. The van der Waals surface area contributed by atoms with Gasteiger partial charge in [-0.05, 0) is 35.4 Å². The lowest BCUT2D eigenvalue weighted by Crippen LogP contribution is -2.40. The van der Waals surface area contributed by atoms with E-state index in [-0.39, 0.29) is 30.4 Å². The lowest BCUT2D eigenvalue weighted by Gasteiger charge is -2.36. The third kappa shape index (κ3) is 3.77. The second kappa shape index (κ2) is 7.95. The quantitative estimate of drug-likeness (QED) is 0.902. The number of benzene rings is 1. The van der Waals surface area contributed by atoms with Crippen LogP contribution < -0.4 is 5.73 Å². The summed E-state index contributed by atoms with van der Waals surface area (Å²) >= 11 is 1.81. The van der Waals surface area contributed by atoms with E-state index in [0.717, 1.165) is 24.9 Å². The van der Waals surface area contributed by atoms with E-state index in [0.29, 0.717) is 6.42 Å². The minimum atomic E-state index is -0.227. The Morgan fingerprint density at radius 1 is 1.35 bits per heavy atom. The Morgan fingerprint density at radius 2 is 2.09 bits per heavy atom. The van der Waals surface area contributed by atoms with Crippen LogP contribution >= 0.6 is 23.7 Å². The molecule has 0 aliphatic carbocycles. The average molecular weight is 351 g/mol. The van der Waals surface area contributed by atoms with Gasteiger partial charge in [0.2, 0.25) is 5.91 Å². The highest BCUT2D eigenvalue weighted by Gasteiger charge is 2.30. The fourth-order valence-corrected chi connectivity index (χ4v) is 4.19. The zero-order valence-corrected chi connectivity index (χ0v) is 14.9. The first-order chi connectivity index (χ1) is 10.7. The van der Waals surface area contributed by atoms with Crippen LogP contribution in [0.4, 0.5) is 0 Å². The number of hydrogen-bond acceptors (Lipinski definition) is 3. The average Bonchev–Trinajstić information content (AvgIpc) is 3.03. The molecule has 0 fully saturated rings. The van der Waals surface area contributed by atoms with Gasteiger partial charge < -0.3 is 10.6 Å². The summed E-state index contributed by atoms with van der Waals surface area (Å²) in [7, 11) is 0. The SMILES string of the molecule is CCC1c2ccsc2CCN1C(=O)CC(N)c1ccccc1.Cl. The Hall–Kier alpha value is -1.36. The molecule has 1 amide bonds. The van der Waals surface area contributed by atoms with Gasteiger partial charge in [-0.1, -0.05) is 37.3 Å². The molecule has 23 heavy (non-hydrogen) atoms. The standard InChI is InChI=1S/C18H22N2OS.ClH/c1-2-16-14-9-11-22-17(14)8-10-20(16)18(21)12-15(19)13-6-4-3-5-7-13;/h3-7,9,11,15-16H,2,8,10,12,19H2,1H3;1H. The number of halogens is 1. The Labute approximate surface area is 147 Å². The van der Waals surface area contributed by atoms with Crippen LogP contribution in [0.15, 0.2) is 41.8 Å². The Morgan fingerprint density at radius 3 is 2.78 bits per heavy atom. The van der Waals surface area contributed by atoms with E-state index in [1.807, 2.05) is 35.2 Å². The lowest BCUT2D eigenvalue weighted by atomic mass is 9.96. The number of fused-ring (bicyclic) bond motifs is 1. The first-order valence-corrected chi connectivity index (χ1v) is 8.75. The fraction of sp³-hybridized carbons (Fsp3) is 0.389. The third-order valence-electron chi connectivity index (χ3n) is 4.42. The predicted molar refractivity (Wildman–Crippen MR) is 98.0 cm³/mol. The molecule has 0 saturated heterocycles. The molecule has 2 heterocycles. The van der Waals surface area contributed by atoms with E-state index in [2.05, 4.69) is 18.4 Å². The van der Waals surface area contributed by atoms with Crippen molar-refractivity contribution in [2.24, 2.45) is 5.73 Å². The van der Waals surface area contributed by atoms with Gasteiger partial charge in [0.15, 0.2) is 0 Å². The van der Waals surface area contributed by atoms with Crippen molar-refractivity contribution < 1.29 is 4.79 Å². The summed E-state index contributed by atoms with van der Waals surface area (Å²) in [6.07, 6.45) is 2.30. The van der Waals surface area contributed by atoms with E-state index in [4.69, 9.17) is 5.73 Å². The van der Waals surface area contributed by atoms with Gasteiger partial charge in [0.25, 0.3) is 0 Å². The van der Waals surface area contributed by atoms with Gasteiger partial charge in [-0.2, -0.15) is 0 Å². The van der Waals surface area contributed by atoms with Crippen molar-refractivity contribution in [3.63, 3.8) is 0 Å². The molecule has 1 aliphatic heterocycles. The van der Waals surface area contributed by atoms with Crippen LogP contribution in [-0.2, 0) is 11.2 Å². The molecular formula is C18H23ClN2OS. The third-order valence-corrected chi connectivity index (χ3v) is 5.42. The van der Waals surface area contributed by atoms with Crippen molar-refractivity contribution >= 4 is 29.7 Å². The molecule has 2 unspecified atom stereocenters. The number of hydrogen-bond donors (Lipinski definition) is 1. The Bertz CT molecular complexity index is 643. The van der Waals surface area contributed by atoms with E-state index in [1.165, 1.54) is 10.4 Å². The molecule has 2 N–H and O–H groups in total. The Balaban J connectivity index is 0.00000192. The van der Waals surface area contributed by atoms with Gasteiger partial charge in [-0.15, -0.1) is 23.7 Å². The molecule has 0 saturated carbocycles. The summed E-state index contributed by atoms with van der Waals surface area (Å²) in [5.41, 5.74) is 8.58. The van der Waals surface area contributed by atoms with Crippen LogP contribution in [0.5, 0.6) is 0 Å². The lowest BCUT2D eigenvalue weighted by molar-refractivity contribution is -0.134. The molecule has 2 atom stereocenters. The molecule has 0 radical (unpaired) electrons. The molecule has 1 aliphatic rings. The van der Waals surface area contributed by atoms with Crippen LogP contribution in [0.1, 0.15) is 47.9 Å². The van der Waals surface area contributed by atoms with Crippen LogP contribution in [-0.4, -0.2) is 17.4 Å². The van der Waals surface area contributed by atoms with Gasteiger partial charge >= 0.3 is 0 Å². The van der Waals surface area contributed by atoms with E-state index in [1.54, 1.807) is 11.3 Å². The van der Waals surface area contributed by atoms with Crippen molar-refractivity contribution in [3.05, 3.63) is 57.8 Å². The summed E-state index contributed by atoms with van der Waals surface area (Å²) in [4.78, 5) is 16.2. The highest BCUT2D eigenvalue weighted by atomic mass is 35.5. The number of nitrogens with two attached hydrogens (primary N) is 1. The van der Waals surface area contributed by atoms with Gasteiger partial charge in [0.1, 0.15) is 0 Å². The fourth-order valence-electron chi connectivity index (χ4n) is 3.26. The first kappa shape index (κ1) is 18.0. The van der Waals surface area contributed by atoms with E-state index >= 15 is 0 Å². The summed E-state index contributed by atoms with van der Waals surface area (Å²) in [5, 5.41) is 2.14. The molecule has 0 bridgehead atoms. The van der Waals surface area contributed by atoms with Gasteiger partial charge in [0, 0.05) is 23.9 Å². The monoisotopic (exact) mass is 350 g/mol. The molecule has 5 heteroatoms. The summed E-state index contributed by atoms with van der Waals surface area (Å²) in [6.45, 7) is 2.96. The maximum atomic E-state index is 12.7. The van der Waals surface area contributed by atoms with Crippen molar-refractivity contribution in [3.8, 4) is 0 Å². The molecular weight excluding hydrogens is 328 g/mol. The maximum absolute atomic E-state index is 12.7. The van der Waals surface area contributed by atoms with Gasteiger partial charge in [0.05, 0.1) is 6.04 Å². The van der Waals surface area contributed by atoms with E-state index in [9.17, 15) is 4.79 Å².